The summed E-state index contributed by atoms with van der Waals surface area (Å²) in [6, 6.07) is 51.4. The van der Waals surface area contributed by atoms with Crippen molar-refractivity contribution in [3.8, 4) is 0 Å². The number of allylic oxidation sites excluding steroid dienone is 1. The summed E-state index contributed by atoms with van der Waals surface area (Å²) in [5.74, 6) is 0.971. The van der Waals surface area contributed by atoms with E-state index in [1.165, 1.54) is 16.2 Å². The molecule has 1 unspecified atom stereocenters. The lowest BCUT2D eigenvalue weighted by Crippen LogP contribution is -2.27. The highest BCUT2D eigenvalue weighted by Crippen LogP contribution is 2.43. The lowest BCUT2D eigenvalue weighted by atomic mass is 10.0. The fourth-order valence-electron chi connectivity index (χ4n) is 7.22. The molecule has 0 spiro atoms. The van der Waals surface area contributed by atoms with Crippen molar-refractivity contribution in [1.82, 2.24) is 9.88 Å². The first kappa shape index (κ1) is 25.2. The molecule has 1 atom stereocenters. The third-order valence-electron chi connectivity index (χ3n) is 9.38. The molecule has 3 heterocycles. The lowest BCUT2D eigenvalue weighted by Gasteiger charge is -2.26. The summed E-state index contributed by atoms with van der Waals surface area (Å²) in [6.07, 6.45) is 1.93. The fourth-order valence-corrected chi connectivity index (χ4v) is 7.22. The molecule has 1 aliphatic rings. The van der Waals surface area contributed by atoms with E-state index in [4.69, 9.17) is 9.41 Å². The average molecular weight is 590 g/mol. The molecule has 0 bridgehead atoms. The zero-order valence-corrected chi connectivity index (χ0v) is 24.8. The van der Waals surface area contributed by atoms with Crippen LogP contribution in [0.1, 0.15) is 17.3 Å². The van der Waals surface area contributed by atoms with E-state index in [0.29, 0.717) is 0 Å². The van der Waals surface area contributed by atoms with Crippen LogP contribution >= 0.6 is 0 Å². The molecule has 46 heavy (non-hydrogen) atoms. The van der Waals surface area contributed by atoms with Gasteiger partial charge >= 0.3 is 0 Å². The molecule has 0 fully saturated rings. The molecule has 1 aliphatic heterocycles. The Morgan fingerprint density at radius 1 is 0.543 bits per heavy atom. The Hall–Kier alpha value is -6.13. The van der Waals surface area contributed by atoms with Gasteiger partial charge in [0.2, 0.25) is 0 Å². The van der Waals surface area contributed by atoms with E-state index in [1.54, 1.807) is 0 Å². The fraction of sp³-hybridized carbons (Fsp3) is 0.0238. The molecule has 0 saturated heterocycles. The number of rotatable bonds is 3. The van der Waals surface area contributed by atoms with Gasteiger partial charge in [-0.25, -0.2) is 0 Å². The van der Waals surface area contributed by atoms with Gasteiger partial charge in [0.15, 0.2) is 0 Å². The summed E-state index contributed by atoms with van der Waals surface area (Å²) in [7, 11) is 0. The minimum atomic E-state index is -0.245. The number of benzene rings is 7. The zero-order valence-electron chi connectivity index (χ0n) is 24.8. The topological polar surface area (TPSA) is 42.5 Å². The minimum absolute atomic E-state index is 0.245. The highest BCUT2D eigenvalue weighted by Gasteiger charge is 2.25. The molecule has 0 amide bonds. The predicted molar refractivity (Wildman–Crippen MR) is 191 cm³/mol. The van der Waals surface area contributed by atoms with Gasteiger partial charge in [-0.1, -0.05) is 115 Å². The third-order valence-corrected chi connectivity index (χ3v) is 9.38. The van der Waals surface area contributed by atoms with Gasteiger partial charge in [-0.3, -0.25) is 9.56 Å². The smallest absolute Gasteiger partial charge is 0.146 e. The van der Waals surface area contributed by atoms with Crippen LogP contribution in [0.3, 0.4) is 0 Å². The van der Waals surface area contributed by atoms with Crippen molar-refractivity contribution in [2.75, 3.05) is 0 Å². The summed E-state index contributed by atoms with van der Waals surface area (Å²) in [4.78, 5) is 5.20. The van der Waals surface area contributed by atoms with Crippen LogP contribution in [0.25, 0.3) is 71.1 Å². The Kier molecular flexibility index (Phi) is 5.31. The van der Waals surface area contributed by atoms with Gasteiger partial charge in [-0.15, -0.1) is 0 Å². The van der Waals surface area contributed by atoms with E-state index >= 15 is 0 Å². The summed E-state index contributed by atoms with van der Waals surface area (Å²) in [6.45, 7) is 0. The molecule has 2 aromatic heterocycles. The van der Waals surface area contributed by atoms with Crippen LogP contribution in [-0.4, -0.2) is 10.3 Å². The first-order chi connectivity index (χ1) is 22.8. The summed E-state index contributed by atoms with van der Waals surface area (Å²) in [5.41, 5.74) is 7.18. The summed E-state index contributed by atoms with van der Waals surface area (Å²) < 4.78 is 9.26. The molecular formula is C42H27N3O. The monoisotopic (exact) mass is 589 g/mol. The largest absolute Gasteiger partial charge is 0.455 e. The maximum atomic E-state index is 6.90. The summed E-state index contributed by atoms with van der Waals surface area (Å²) in [5, 5.41) is 13.0. The molecule has 1 N–H and O–H groups in total. The van der Waals surface area contributed by atoms with Crippen LogP contribution in [0, 0.1) is 0 Å². The number of fused-ring (bicyclic) bond motifs is 10. The lowest BCUT2D eigenvalue weighted by molar-refractivity contribution is 0.646. The number of aliphatic imine (C=N–C) groups is 1. The van der Waals surface area contributed by atoms with Crippen LogP contribution in [0.4, 0.5) is 0 Å². The molecule has 4 nitrogen and oxygen atoms in total. The highest BCUT2D eigenvalue weighted by molar-refractivity contribution is 6.27. The van der Waals surface area contributed by atoms with E-state index in [1.807, 2.05) is 12.1 Å². The highest BCUT2D eigenvalue weighted by atomic mass is 16.3. The van der Waals surface area contributed by atoms with Crippen LogP contribution in [0.2, 0.25) is 0 Å². The van der Waals surface area contributed by atoms with Gasteiger partial charge in [-0.2, -0.15) is 0 Å². The van der Waals surface area contributed by atoms with Gasteiger partial charge in [-0.05, 0) is 57.6 Å². The number of nitrogens with zero attached hydrogens (tertiary/aromatic N) is 2. The third kappa shape index (κ3) is 3.71. The van der Waals surface area contributed by atoms with Crippen molar-refractivity contribution in [3.63, 3.8) is 0 Å². The average Bonchev–Trinajstić information content (AvgIpc) is 3.67. The van der Waals surface area contributed by atoms with Crippen LogP contribution in [0.5, 0.6) is 0 Å². The Morgan fingerprint density at radius 3 is 2.04 bits per heavy atom. The van der Waals surface area contributed by atoms with Crippen molar-refractivity contribution in [3.05, 3.63) is 163 Å². The number of hydrogen-bond acceptors (Lipinski definition) is 3. The molecule has 10 rings (SSSR count). The molecular weight excluding hydrogens is 562 g/mol. The predicted octanol–water partition coefficient (Wildman–Crippen LogP) is 10.6. The Morgan fingerprint density at radius 2 is 1.22 bits per heavy atom. The molecule has 7 aromatic carbocycles. The van der Waals surface area contributed by atoms with E-state index in [0.717, 1.165) is 71.8 Å². The SMILES string of the molecule is C1=C(n2c3cc4ccccc4cc3c3c4oc5c6ccccc6ccc5c4ccc32)NC(c2ccccc2)N=C1c1ccccc1. The molecule has 0 radical (unpaired) electrons. The number of nitrogens with one attached hydrogen (secondary N) is 1. The minimum Gasteiger partial charge on any atom is -0.455 e. The summed E-state index contributed by atoms with van der Waals surface area (Å²) >= 11 is 0. The van der Waals surface area contributed by atoms with Gasteiger partial charge in [0.25, 0.3) is 0 Å². The van der Waals surface area contributed by atoms with Gasteiger partial charge in [0.05, 0.1) is 22.1 Å². The standard InChI is InChI=1S/C42H27N3O/c1-3-12-27(13-4-1)35-25-38(44-42(43-35)28-14-5-2-6-15-28)45-36-22-21-33-32-20-19-26-11-9-10-18-31(26)40(32)46-41(33)39(36)34-23-29-16-7-8-17-30(29)24-37(34)45/h1-25,42,44H. The molecule has 216 valence electrons. The second-order valence-corrected chi connectivity index (χ2v) is 12.0. The quantitative estimate of drug-likeness (QED) is 0.223. The zero-order chi connectivity index (χ0) is 30.2. The number of aromatic nitrogens is 1. The maximum Gasteiger partial charge on any atom is 0.146 e. The van der Waals surface area contributed by atoms with Crippen LogP contribution in [0.15, 0.2) is 161 Å². The van der Waals surface area contributed by atoms with Gasteiger partial charge < -0.3 is 9.73 Å². The molecule has 0 saturated carbocycles. The number of hydrogen-bond donors (Lipinski definition) is 1. The second-order valence-electron chi connectivity index (χ2n) is 12.0. The second kappa shape index (κ2) is 9.68. The van der Waals surface area contributed by atoms with E-state index < -0.39 is 0 Å². The normalized spacial score (nSPS) is 15.2. The van der Waals surface area contributed by atoms with Crippen LogP contribution < -0.4 is 5.32 Å². The van der Waals surface area contributed by atoms with Crippen LogP contribution in [-0.2, 0) is 0 Å². The van der Waals surface area contributed by atoms with Crippen molar-refractivity contribution < 1.29 is 4.42 Å². The van der Waals surface area contributed by atoms with E-state index in [2.05, 4.69) is 149 Å². The Bertz CT molecular complexity index is 2710. The molecule has 9 aromatic rings. The van der Waals surface area contributed by atoms with E-state index in [-0.39, 0.29) is 6.17 Å². The van der Waals surface area contributed by atoms with Crippen molar-refractivity contribution in [2.45, 2.75) is 6.17 Å². The van der Waals surface area contributed by atoms with Crippen molar-refractivity contribution >= 4 is 76.8 Å². The van der Waals surface area contributed by atoms with E-state index in [9.17, 15) is 0 Å². The van der Waals surface area contributed by atoms with Gasteiger partial charge in [0.1, 0.15) is 23.2 Å². The maximum absolute atomic E-state index is 6.90. The first-order valence-electron chi connectivity index (χ1n) is 15.7. The van der Waals surface area contributed by atoms with Gasteiger partial charge in [0, 0.05) is 27.6 Å². The Labute approximate surface area is 264 Å². The molecule has 0 aliphatic carbocycles. The Balaban J connectivity index is 1.31. The molecule has 4 heteroatoms. The van der Waals surface area contributed by atoms with Crippen molar-refractivity contribution in [1.29, 1.82) is 0 Å². The number of furan rings is 1. The van der Waals surface area contributed by atoms with Crippen molar-refractivity contribution in [2.24, 2.45) is 4.99 Å². The first-order valence-corrected chi connectivity index (χ1v) is 15.7.